The number of ether oxygens (including phenoxy) is 2. The van der Waals surface area contributed by atoms with Crippen LogP contribution in [0.15, 0.2) is 30.6 Å². The van der Waals surface area contributed by atoms with Crippen LogP contribution in [-0.2, 0) is 11.3 Å². The van der Waals surface area contributed by atoms with Crippen LogP contribution >= 0.6 is 0 Å². The van der Waals surface area contributed by atoms with E-state index < -0.39 is 0 Å². The molecular weight excluding hydrogens is 313 g/mol. The van der Waals surface area contributed by atoms with Crippen LogP contribution in [0.3, 0.4) is 0 Å². The first-order chi connectivity index (χ1) is 11.8. The van der Waals surface area contributed by atoms with E-state index in [4.69, 9.17) is 9.47 Å². The molecule has 1 aliphatic heterocycles. The standard InChI is InChI=1S/C16H16FN5O2/c1-23-8-10-7-14(22-16(20-10)18-9-19-22)21-13-5-6-24-15-11(13)3-2-4-12(15)17/h2-4,7,9,13,21H,5-6,8H2,1H3/t13-/m0/s1. The molecule has 0 aliphatic carbocycles. The van der Waals surface area contributed by atoms with E-state index in [0.717, 1.165) is 17.1 Å². The van der Waals surface area contributed by atoms with Gasteiger partial charge < -0.3 is 14.8 Å². The molecule has 0 saturated carbocycles. The molecule has 0 spiro atoms. The molecular formula is C16H16FN5O2. The van der Waals surface area contributed by atoms with Crippen LogP contribution in [0.2, 0.25) is 0 Å². The van der Waals surface area contributed by atoms with E-state index in [1.54, 1.807) is 17.7 Å². The summed E-state index contributed by atoms with van der Waals surface area (Å²) in [5, 5.41) is 7.60. The average molecular weight is 329 g/mol. The molecule has 8 heteroatoms. The largest absolute Gasteiger partial charge is 0.490 e. The summed E-state index contributed by atoms with van der Waals surface area (Å²) in [6.07, 6.45) is 2.16. The van der Waals surface area contributed by atoms with Crippen LogP contribution in [0.5, 0.6) is 5.75 Å². The number of rotatable bonds is 4. The van der Waals surface area contributed by atoms with Gasteiger partial charge in [-0.25, -0.2) is 9.37 Å². The Morgan fingerprint density at radius 3 is 3.25 bits per heavy atom. The van der Waals surface area contributed by atoms with Crippen LogP contribution in [-0.4, -0.2) is 33.3 Å². The third kappa shape index (κ3) is 2.54. The van der Waals surface area contributed by atoms with E-state index in [-0.39, 0.29) is 11.9 Å². The minimum Gasteiger partial charge on any atom is -0.490 e. The molecule has 1 atom stereocenters. The molecule has 124 valence electrons. The first-order valence-corrected chi connectivity index (χ1v) is 7.62. The zero-order valence-electron chi connectivity index (χ0n) is 13.1. The second kappa shape index (κ2) is 6.04. The van der Waals surface area contributed by atoms with Gasteiger partial charge in [0.2, 0.25) is 0 Å². The highest BCUT2D eigenvalue weighted by Gasteiger charge is 2.25. The lowest BCUT2D eigenvalue weighted by atomic mass is 10.0. The quantitative estimate of drug-likeness (QED) is 0.792. The molecule has 0 radical (unpaired) electrons. The third-order valence-corrected chi connectivity index (χ3v) is 3.94. The van der Waals surface area contributed by atoms with E-state index in [9.17, 15) is 4.39 Å². The Kier molecular flexibility index (Phi) is 3.73. The number of hydrogen-bond donors (Lipinski definition) is 1. The number of halogens is 1. The van der Waals surface area contributed by atoms with Crippen molar-refractivity contribution in [1.82, 2.24) is 19.6 Å². The third-order valence-electron chi connectivity index (χ3n) is 3.94. The Morgan fingerprint density at radius 1 is 1.46 bits per heavy atom. The highest BCUT2D eigenvalue weighted by Crippen LogP contribution is 2.36. The second-order valence-corrected chi connectivity index (χ2v) is 5.53. The normalized spacial score (nSPS) is 16.7. The van der Waals surface area contributed by atoms with Crippen molar-refractivity contribution in [3.63, 3.8) is 0 Å². The number of aromatic nitrogens is 4. The van der Waals surface area contributed by atoms with Gasteiger partial charge in [0.25, 0.3) is 5.78 Å². The molecule has 1 N–H and O–H groups in total. The Bertz CT molecular complexity index is 882. The van der Waals surface area contributed by atoms with Gasteiger partial charge in [0, 0.05) is 25.2 Å². The molecule has 0 saturated heterocycles. The fraction of sp³-hybridized carbons (Fsp3) is 0.312. The molecule has 3 heterocycles. The zero-order valence-corrected chi connectivity index (χ0v) is 13.1. The van der Waals surface area contributed by atoms with Gasteiger partial charge in [-0.1, -0.05) is 12.1 Å². The maximum absolute atomic E-state index is 13.9. The lowest BCUT2D eigenvalue weighted by Crippen LogP contribution is -2.22. The van der Waals surface area contributed by atoms with Crippen LogP contribution in [0.1, 0.15) is 23.7 Å². The van der Waals surface area contributed by atoms with Crippen molar-refractivity contribution in [1.29, 1.82) is 0 Å². The SMILES string of the molecule is COCc1cc(N[C@H]2CCOc3c(F)cccc32)n2ncnc2n1. The molecule has 3 aromatic rings. The Hall–Kier alpha value is -2.74. The number of nitrogens with one attached hydrogen (secondary N) is 1. The van der Waals surface area contributed by atoms with E-state index in [2.05, 4.69) is 20.4 Å². The van der Waals surface area contributed by atoms with Crippen LogP contribution in [0, 0.1) is 5.82 Å². The highest BCUT2D eigenvalue weighted by atomic mass is 19.1. The molecule has 0 bridgehead atoms. The number of fused-ring (bicyclic) bond motifs is 2. The molecule has 7 nitrogen and oxygen atoms in total. The van der Waals surface area contributed by atoms with Crippen molar-refractivity contribution in [2.24, 2.45) is 0 Å². The van der Waals surface area contributed by atoms with Gasteiger partial charge in [-0.3, -0.25) is 0 Å². The summed E-state index contributed by atoms with van der Waals surface area (Å²) in [6, 6.07) is 6.73. The van der Waals surface area contributed by atoms with Crippen LogP contribution in [0.4, 0.5) is 10.2 Å². The van der Waals surface area contributed by atoms with Gasteiger partial charge in [0.15, 0.2) is 11.6 Å². The van der Waals surface area contributed by atoms with Crippen molar-refractivity contribution >= 4 is 11.6 Å². The van der Waals surface area contributed by atoms with Gasteiger partial charge >= 0.3 is 0 Å². The van der Waals surface area contributed by atoms with Crippen molar-refractivity contribution < 1.29 is 13.9 Å². The van der Waals surface area contributed by atoms with Crippen molar-refractivity contribution in [2.75, 3.05) is 19.0 Å². The molecule has 1 aliphatic rings. The van der Waals surface area contributed by atoms with Crippen molar-refractivity contribution in [3.8, 4) is 5.75 Å². The zero-order chi connectivity index (χ0) is 16.5. The van der Waals surface area contributed by atoms with Crippen LogP contribution in [0.25, 0.3) is 5.78 Å². The molecule has 2 aromatic heterocycles. The maximum Gasteiger partial charge on any atom is 0.254 e. The second-order valence-electron chi connectivity index (χ2n) is 5.53. The van der Waals surface area contributed by atoms with Gasteiger partial charge in [-0.15, -0.1) is 0 Å². The molecule has 0 amide bonds. The summed E-state index contributed by atoms with van der Waals surface area (Å²) in [5.74, 6) is 1.17. The fourth-order valence-electron chi connectivity index (χ4n) is 2.90. The van der Waals surface area contributed by atoms with E-state index in [1.165, 1.54) is 12.4 Å². The number of anilines is 1. The summed E-state index contributed by atoms with van der Waals surface area (Å²) < 4.78 is 26.2. The van der Waals surface area contributed by atoms with Gasteiger partial charge in [-0.2, -0.15) is 14.6 Å². The van der Waals surface area contributed by atoms with Crippen molar-refractivity contribution in [3.05, 3.63) is 47.7 Å². The molecule has 24 heavy (non-hydrogen) atoms. The highest BCUT2D eigenvalue weighted by molar-refractivity contribution is 5.49. The van der Waals surface area contributed by atoms with Crippen LogP contribution < -0.4 is 10.1 Å². The lowest BCUT2D eigenvalue weighted by molar-refractivity contribution is 0.181. The predicted molar refractivity (Wildman–Crippen MR) is 84.4 cm³/mol. The Morgan fingerprint density at radius 2 is 2.38 bits per heavy atom. The number of methoxy groups -OCH3 is 1. The number of benzene rings is 1. The summed E-state index contributed by atoms with van der Waals surface area (Å²) in [5.41, 5.74) is 1.53. The Labute approximate surface area is 137 Å². The summed E-state index contributed by atoms with van der Waals surface area (Å²) >= 11 is 0. The monoisotopic (exact) mass is 329 g/mol. The van der Waals surface area contributed by atoms with Gasteiger partial charge in [0.1, 0.15) is 12.1 Å². The molecule has 4 rings (SSSR count). The van der Waals surface area contributed by atoms with E-state index in [0.29, 0.717) is 31.2 Å². The maximum atomic E-state index is 13.9. The van der Waals surface area contributed by atoms with Gasteiger partial charge in [0.05, 0.1) is 24.9 Å². The topological polar surface area (TPSA) is 73.6 Å². The summed E-state index contributed by atoms with van der Waals surface area (Å²) in [4.78, 5) is 8.51. The van der Waals surface area contributed by atoms with Crippen molar-refractivity contribution in [2.45, 2.75) is 19.1 Å². The molecule has 0 unspecified atom stereocenters. The summed E-state index contributed by atoms with van der Waals surface area (Å²) in [7, 11) is 1.61. The first kappa shape index (κ1) is 14.8. The fourth-order valence-corrected chi connectivity index (χ4v) is 2.90. The minimum absolute atomic E-state index is 0.0883. The molecule has 0 fully saturated rings. The number of hydrogen-bond acceptors (Lipinski definition) is 6. The van der Waals surface area contributed by atoms with Gasteiger partial charge in [-0.05, 0) is 6.07 Å². The predicted octanol–water partition coefficient (Wildman–Crippen LogP) is 2.35. The number of para-hydroxylation sites is 1. The van der Waals surface area contributed by atoms with E-state index >= 15 is 0 Å². The number of nitrogens with zero attached hydrogens (tertiary/aromatic N) is 4. The van der Waals surface area contributed by atoms with E-state index in [1.807, 2.05) is 12.1 Å². The smallest absolute Gasteiger partial charge is 0.254 e. The summed E-state index contributed by atoms with van der Waals surface area (Å²) in [6.45, 7) is 0.819. The Balaban J connectivity index is 1.73. The molecule has 1 aromatic carbocycles. The average Bonchev–Trinajstić information content (AvgIpc) is 3.05. The minimum atomic E-state index is -0.347. The lowest BCUT2D eigenvalue weighted by Gasteiger charge is -2.27. The first-order valence-electron chi connectivity index (χ1n) is 7.62.